The van der Waals surface area contributed by atoms with Crippen molar-refractivity contribution in [3.63, 3.8) is 0 Å². The van der Waals surface area contributed by atoms with Crippen LogP contribution in [-0.2, 0) is 19.6 Å². The summed E-state index contributed by atoms with van der Waals surface area (Å²) in [6.45, 7) is 3.86. The fraction of sp³-hybridized carbons (Fsp3) is 0.875. The molecule has 0 radical (unpaired) electrons. The van der Waals surface area contributed by atoms with E-state index < -0.39 is 22.0 Å². The van der Waals surface area contributed by atoms with Gasteiger partial charge in [-0.05, 0) is 13.3 Å². The molecule has 0 aromatic heterocycles. The summed E-state index contributed by atoms with van der Waals surface area (Å²) in [4.78, 5) is 10.6. The molecule has 0 saturated carbocycles. The smallest absolute Gasteiger partial charge is 0.321 e. The number of hydrogen-bond donors (Lipinski definition) is 2. The number of ether oxygens (including phenoxy) is 1. The first-order chi connectivity index (χ1) is 6.93. The standard InChI is InChI=1S/C8H17NO5S/c1-3-7(8(10)11)9-15(12,13)6-5-14-4-2/h7,9H,3-6H2,1-2H3,(H,10,11)/t7-/m0/s1. The molecule has 1 atom stereocenters. The molecule has 7 heteroatoms. The second-order valence-corrected chi connectivity index (χ2v) is 4.81. The highest BCUT2D eigenvalue weighted by molar-refractivity contribution is 7.89. The lowest BCUT2D eigenvalue weighted by Crippen LogP contribution is -2.41. The van der Waals surface area contributed by atoms with Crippen molar-refractivity contribution in [3.05, 3.63) is 0 Å². The van der Waals surface area contributed by atoms with Crippen LogP contribution in [0.25, 0.3) is 0 Å². The maximum absolute atomic E-state index is 11.3. The van der Waals surface area contributed by atoms with Gasteiger partial charge in [-0.15, -0.1) is 0 Å². The van der Waals surface area contributed by atoms with Crippen LogP contribution in [0, 0.1) is 0 Å². The first-order valence-corrected chi connectivity index (χ1v) is 6.38. The third kappa shape index (κ3) is 6.43. The SMILES string of the molecule is CCOCCS(=O)(=O)N[C@@H](CC)C(=O)O. The van der Waals surface area contributed by atoms with Crippen molar-refractivity contribution in [2.45, 2.75) is 26.3 Å². The summed E-state index contributed by atoms with van der Waals surface area (Å²) < 4.78 is 29.6. The first kappa shape index (κ1) is 14.3. The van der Waals surface area contributed by atoms with Crippen LogP contribution in [0.15, 0.2) is 0 Å². The van der Waals surface area contributed by atoms with Crippen LogP contribution < -0.4 is 4.72 Å². The topological polar surface area (TPSA) is 92.7 Å². The van der Waals surface area contributed by atoms with E-state index in [4.69, 9.17) is 9.84 Å². The predicted molar refractivity (Wildman–Crippen MR) is 55.1 cm³/mol. The third-order valence-electron chi connectivity index (χ3n) is 1.73. The molecule has 0 amide bonds. The minimum absolute atomic E-state index is 0.0713. The number of aliphatic carboxylic acids is 1. The quantitative estimate of drug-likeness (QED) is 0.572. The van der Waals surface area contributed by atoms with Crippen LogP contribution in [-0.4, -0.2) is 44.5 Å². The maximum atomic E-state index is 11.3. The number of carboxylic acids is 1. The van der Waals surface area contributed by atoms with Gasteiger partial charge in [-0.1, -0.05) is 6.92 Å². The molecule has 0 spiro atoms. The van der Waals surface area contributed by atoms with Crippen LogP contribution in [0.2, 0.25) is 0 Å². The van der Waals surface area contributed by atoms with Crippen LogP contribution in [0.3, 0.4) is 0 Å². The summed E-state index contributed by atoms with van der Waals surface area (Å²) in [6.07, 6.45) is 0.212. The zero-order valence-corrected chi connectivity index (χ0v) is 9.71. The Morgan fingerprint density at radius 1 is 1.47 bits per heavy atom. The molecule has 0 saturated heterocycles. The molecule has 6 nitrogen and oxygen atoms in total. The van der Waals surface area contributed by atoms with Crippen molar-refractivity contribution < 1.29 is 23.1 Å². The lowest BCUT2D eigenvalue weighted by atomic mass is 10.2. The van der Waals surface area contributed by atoms with Crippen LogP contribution >= 0.6 is 0 Å². The Kier molecular flexibility index (Phi) is 6.46. The van der Waals surface area contributed by atoms with E-state index >= 15 is 0 Å². The Morgan fingerprint density at radius 3 is 2.47 bits per heavy atom. The van der Waals surface area contributed by atoms with Crippen molar-refractivity contribution in [2.75, 3.05) is 19.0 Å². The van der Waals surface area contributed by atoms with Gasteiger partial charge in [0.1, 0.15) is 6.04 Å². The number of hydrogen-bond acceptors (Lipinski definition) is 4. The van der Waals surface area contributed by atoms with Gasteiger partial charge in [-0.25, -0.2) is 13.1 Å². The van der Waals surface area contributed by atoms with E-state index in [2.05, 4.69) is 4.72 Å². The van der Waals surface area contributed by atoms with E-state index in [-0.39, 0.29) is 18.8 Å². The fourth-order valence-corrected chi connectivity index (χ4v) is 2.05. The van der Waals surface area contributed by atoms with Crippen molar-refractivity contribution in [2.24, 2.45) is 0 Å². The van der Waals surface area contributed by atoms with Gasteiger partial charge < -0.3 is 9.84 Å². The summed E-state index contributed by atoms with van der Waals surface area (Å²) in [5, 5.41) is 8.65. The number of rotatable bonds is 8. The zero-order valence-electron chi connectivity index (χ0n) is 8.89. The molecule has 0 aromatic carbocycles. The summed E-state index contributed by atoms with van der Waals surface area (Å²) >= 11 is 0. The number of carbonyl (C=O) groups is 1. The molecule has 0 aliphatic heterocycles. The second kappa shape index (κ2) is 6.76. The van der Waals surface area contributed by atoms with Gasteiger partial charge in [0.15, 0.2) is 0 Å². The number of carboxylic acid groups (broad SMARTS) is 1. The van der Waals surface area contributed by atoms with Crippen LogP contribution in [0.4, 0.5) is 0 Å². The molecule has 0 aliphatic rings. The van der Waals surface area contributed by atoms with E-state index in [0.29, 0.717) is 6.61 Å². The molecule has 0 fully saturated rings. The van der Waals surface area contributed by atoms with E-state index in [9.17, 15) is 13.2 Å². The van der Waals surface area contributed by atoms with E-state index in [1.807, 2.05) is 0 Å². The maximum Gasteiger partial charge on any atom is 0.321 e. The van der Waals surface area contributed by atoms with E-state index in [1.54, 1.807) is 13.8 Å². The Balaban J connectivity index is 4.17. The molecular weight excluding hydrogens is 222 g/mol. The molecule has 0 rings (SSSR count). The monoisotopic (exact) mass is 239 g/mol. The molecule has 15 heavy (non-hydrogen) atoms. The minimum atomic E-state index is -3.57. The Morgan fingerprint density at radius 2 is 2.07 bits per heavy atom. The second-order valence-electron chi connectivity index (χ2n) is 2.93. The molecule has 0 bridgehead atoms. The largest absolute Gasteiger partial charge is 0.480 e. The summed E-state index contributed by atoms with van der Waals surface area (Å²) in [6, 6.07) is -1.06. The van der Waals surface area contributed by atoms with Crippen molar-refractivity contribution in [1.82, 2.24) is 4.72 Å². The lowest BCUT2D eigenvalue weighted by Gasteiger charge is -2.12. The molecule has 0 aliphatic carbocycles. The van der Waals surface area contributed by atoms with Crippen molar-refractivity contribution >= 4 is 16.0 Å². The lowest BCUT2D eigenvalue weighted by molar-refractivity contribution is -0.139. The first-order valence-electron chi connectivity index (χ1n) is 4.73. The van der Waals surface area contributed by atoms with Crippen LogP contribution in [0.1, 0.15) is 20.3 Å². The van der Waals surface area contributed by atoms with E-state index in [0.717, 1.165) is 0 Å². The summed E-state index contributed by atoms with van der Waals surface area (Å²) in [5.41, 5.74) is 0. The van der Waals surface area contributed by atoms with Crippen molar-refractivity contribution in [3.8, 4) is 0 Å². The third-order valence-corrected chi connectivity index (χ3v) is 3.08. The molecular formula is C8H17NO5S. The van der Waals surface area contributed by atoms with Gasteiger partial charge in [0.2, 0.25) is 10.0 Å². The number of nitrogens with one attached hydrogen (secondary N) is 1. The van der Waals surface area contributed by atoms with Gasteiger partial charge in [0, 0.05) is 6.61 Å². The number of sulfonamides is 1. The highest BCUT2D eigenvalue weighted by Crippen LogP contribution is 1.95. The zero-order chi connectivity index (χ0) is 11.9. The molecule has 0 unspecified atom stereocenters. The average Bonchev–Trinajstić information content (AvgIpc) is 2.14. The van der Waals surface area contributed by atoms with E-state index in [1.165, 1.54) is 0 Å². The highest BCUT2D eigenvalue weighted by atomic mass is 32.2. The van der Waals surface area contributed by atoms with Gasteiger partial charge in [-0.2, -0.15) is 0 Å². The molecule has 90 valence electrons. The molecule has 0 heterocycles. The van der Waals surface area contributed by atoms with Gasteiger partial charge >= 0.3 is 5.97 Å². The normalized spacial score (nSPS) is 13.7. The molecule has 2 N–H and O–H groups in total. The Bertz CT molecular complexity index is 287. The van der Waals surface area contributed by atoms with Gasteiger partial charge in [-0.3, -0.25) is 4.79 Å². The summed E-state index contributed by atoms with van der Waals surface area (Å²) in [7, 11) is -3.57. The Hall–Kier alpha value is -0.660. The summed E-state index contributed by atoms with van der Waals surface area (Å²) in [5.74, 6) is -1.39. The highest BCUT2D eigenvalue weighted by Gasteiger charge is 2.21. The fourth-order valence-electron chi connectivity index (χ4n) is 0.897. The minimum Gasteiger partial charge on any atom is -0.480 e. The van der Waals surface area contributed by atoms with Crippen LogP contribution in [0.5, 0.6) is 0 Å². The van der Waals surface area contributed by atoms with Gasteiger partial charge in [0.05, 0.1) is 12.4 Å². The predicted octanol–water partition coefficient (Wildman–Crippen LogP) is -0.194. The van der Waals surface area contributed by atoms with Crippen molar-refractivity contribution in [1.29, 1.82) is 0 Å². The Labute approximate surface area is 89.7 Å². The van der Waals surface area contributed by atoms with Gasteiger partial charge in [0.25, 0.3) is 0 Å². The molecule has 0 aromatic rings. The average molecular weight is 239 g/mol.